The summed E-state index contributed by atoms with van der Waals surface area (Å²) < 4.78 is 2.04. The number of fused-ring (bicyclic) bond motifs is 1. The second kappa shape index (κ2) is 5.33. The van der Waals surface area contributed by atoms with Crippen LogP contribution in [0, 0.1) is 0 Å². The fraction of sp³-hybridized carbons (Fsp3) is 0.714. The summed E-state index contributed by atoms with van der Waals surface area (Å²) in [4.78, 5) is 18.3. The number of likely N-dealkylation sites (tertiary alicyclic amines) is 1. The van der Waals surface area contributed by atoms with E-state index in [4.69, 9.17) is 0 Å². The van der Waals surface area contributed by atoms with Crippen molar-refractivity contribution in [2.75, 3.05) is 19.6 Å². The van der Waals surface area contributed by atoms with Crippen molar-refractivity contribution >= 4 is 5.97 Å². The molecule has 1 atom stereocenters. The summed E-state index contributed by atoms with van der Waals surface area (Å²) in [5.41, 5.74) is 1.05. The molecule has 2 aliphatic heterocycles. The number of nitrogens with zero attached hydrogens (tertiary/aromatic N) is 3. The minimum atomic E-state index is -0.738. The van der Waals surface area contributed by atoms with Gasteiger partial charge in [0.1, 0.15) is 11.7 Å². The Kier molecular flexibility index (Phi) is 3.55. The van der Waals surface area contributed by atoms with E-state index >= 15 is 0 Å². The van der Waals surface area contributed by atoms with Crippen molar-refractivity contribution in [1.82, 2.24) is 14.5 Å². The summed E-state index contributed by atoms with van der Waals surface area (Å²) >= 11 is 0. The molecule has 104 valence electrons. The van der Waals surface area contributed by atoms with Crippen molar-refractivity contribution < 1.29 is 9.90 Å². The van der Waals surface area contributed by atoms with Crippen LogP contribution in [0.3, 0.4) is 0 Å². The maximum absolute atomic E-state index is 11.2. The van der Waals surface area contributed by atoms with Gasteiger partial charge in [-0.1, -0.05) is 0 Å². The fourth-order valence-corrected chi connectivity index (χ4v) is 3.17. The Hall–Kier alpha value is -1.36. The Labute approximate surface area is 113 Å². The molecule has 1 N–H and O–H groups in total. The number of hydrogen-bond acceptors (Lipinski definition) is 3. The van der Waals surface area contributed by atoms with Gasteiger partial charge in [-0.15, -0.1) is 0 Å². The van der Waals surface area contributed by atoms with Crippen molar-refractivity contribution in [3.63, 3.8) is 0 Å². The first kappa shape index (κ1) is 12.7. The molecule has 0 amide bonds. The van der Waals surface area contributed by atoms with Gasteiger partial charge in [-0.3, -0.25) is 4.79 Å². The summed E-state index contributed by atoms with van der Waals surface area (Å²) in [7, 11) is 0. The number of imidazole rings is 1. The summed E-state index contributed by atoms with van der Waals surface area (Å²) in [6.07, 6.45) is 7.26. The molecule has 1 unspecified atom stereocenters. The lowest BCUT2D eigenvalue weighted by Crippen LogP contribution is -2.22. The Morgan fingerprint density at radius 2 is 2.11 bits per heavy atom. The van der Waals surface area contributed by atoms with Crippen LogP contribution in [0.5, 0.6) is 0 Å². The molecule has 1 fully saturated rings. The average Bonchev–Trinajstić information content (AvgIpc) is 3.04. The summed E-state index contributed by atoms with van der Waals surface area (Å²) in [5, 5.41) is 9.24. The average molecular weight is 263 g/mol. The fourth-order valence-electron chi connectivity index (χ4n) is 3.17. The van der Waals surface area contributed by atoms with E-state index in [-0.39, 0.29) is 0 Å². The molecular formula is C14H21N3O2. The van der Waals surface area contributed by atoms with Crippen LogP contribution in [0.15, 0.2) is 6.20 Å². The second-order valence-electron chi connectivity index (χ2n) is 5.62. The predicted octanol–water partition coefficient (Wildman–Crippen LogP) is 1.48. The van der Waals surface area contributed by atoms with E-state index in [9.17, 15) is 9.90 Å². The molecule has 1 aromatic heterocycles. The molecule has 0 saturated carbocycles. The van der Waals surface area contributed by atoms with E-state index in [0.717, 1.165) is 43.9 Å². The van der Waals surface area contributed by atoms with Crippen LogP contribution in [-0.4, -0.2) is 45.2 Å². The molecule has 3 rings (SSSR count). The maximum Gasteiger partial charge on any atom is 0.314 e. The van der Waals surface area contributed by atoms with Gasteiger partial charge in [-0.25, -0.2) is 4.98 Å². The molecule has 0 radical (unpaired) electrons. The van der Waals surface area contributed by atoms with Gasteiger partial charge in [0.2, 0.25) is 0 Å². The molecule has 1 aromatic rings. The monoisotopic (exact) mass is 263 g/mol. The van der Waals surface area contributed by atoms with E-state index in [0.29, 0.717) is 0 Å². The van der Waals surface area contributed by atoms with Crippen LogP contribution >= 0.6 is 0 Å². The van der Waals surface area contributed by atoms with Crippen LogP contribution in [0.1, 0.15) is 43.1 Å². The molecule has 0 spiro atoms. The van der Waals surface area contributed by atoms with Gasteiger partial charge in [0.05, 0.1) is 5.69 Å². The van der Waals surface area contributed by atoms with Gasteiger partial charge in [0.25, 0.3) is 0 Å². The third-order valence-electron chi connectivity index (χ3n) is 4.24. The maximum atomic E-state index is 11.2. The van der Waals surface area contributed by atoms with Gasteiger partial charge in [-0.05, 0) is 38.8 Å². The molecule has 2 aliphatic rings. The summed E-state index contributed by atoms with van der Waals surface area (Å²) in [6.45, 7) is 4.36. The number of aliphatic carboxylic acids is 1. The standard InChI is InChI=1S/C14H21N3O2/c18-14(19)12-4-3-8-17-10-11(15-13(12)17)5-9-16-6-1-2-7-16/h10,12H,1-9H2,(H,18,19). The van der Waals surface area contributed by atoms with Gasteiger partial charge >= 0.3 is 5.97 Å². The number of rotatable bonds is 4. The topological polar surface area (TPSA) is 58.4 Å². The van der Waals surface area contributed by atoms with Crippen LogP contribution in [0.2, 0.25) is 0 Å². The lowest BCUT2D eigenvalue weighted by atomic mass is 9.99. The largest absolute Gasteiger partial charge is 0.481 e. The highest BCUT2D eigenvalue weighted by Crippen LogP contribution is 2.27. The number of aryl methyl sites for hydroxylation is 1. The van der Waals surface area contributed by atoms with E-state index in [1.165, 1.54) is 25.9 Å². The zero-order valence-electron chi connectivity index (χ0n) is 11.2. The Morgan fingerprint density at radius 3 is 2.84 bits per heavy atom. The van der Waals surface area contributed by atoms with Crippen LogP contribution in [0.25, 0.3) is 0 Å². The first-order chi connectivity index (χ1) is 9.24. The number of carboxylic acid groups (broad SMARTS) is 1. The molecular weight excluding hydrogens is 242 g/mol. The lowest BCUT2D eigenvalue weighted by molar-refractivity contribution is -0.139. The van der Waals surface area contributed by atoms with Crippen molar-refractivity contribution in [2.45, 2.75) is 44.6 Å². The Bertz CT molecular complexity index is 463. The molecule has 0 aromatic carbocycles. The zero-order valence-corrected chi connectivity index (χ0v) is 11.2. The third-order valence-corrected chi connectivity index (χ3v) is 4.24. The quantitative estimate of drug-likeness (QED) is 0.894. The molecule has 0 bridgehead atoms. The van der Waals surface area contributed by atoms with Gasteiger partial charge < -0.3 is 14.6 Å². The van der Waals surface area contributed by atoms with Crippen LogP contribution in [-0.2, 0) is 17.8 Å². The minimum Gasteiger partial charge on any atom is -0.481 e. The highest BCUT2D eigenvalue weighted by atomic mass is 16.4. The molecule has 1 saturated heterocycles. The second-order valence-corrected chi connectivity index (χ2v) is 5.62. The first-order valence-electron chi connectivity index (χ1n) is 7.25. The number of carboxylic acids is 1. The van der Waals surface area contributed by atoms with E-state index in [2.05, 4.69) is 16.1 Å². The molecule has 5 nitrogen and oxygen atoms in total. The molecule has 19 heavy (non-hydrogen) atoms. The van der Waals surface area contributed by atoms with Crippen molar-refractivity contribution in [3.05, 3.63) is 17.7 Å². The van der Waals surface area contributed by atoms with Gasteiger partial charge in [0, 0.05) is 25.7 Å². The third kappa shape index (κ3) is 2.66. The van der Waals surface area contributed by atoms with E-state index in [1.807, 2.05) is 4.57 Å². The van der Waals surface area contributed by atoms with Gasteiger partial charge in [0.15, 0.2) is 0 Å². The van der Waals surface area contributed by atoms with Crippen molar-refractivity contribution in [3.8, 4) is 0 Å². The van der Waals surface area contributed by atoms with Gasteiger partial charge in [-0.2, -0.15) is 0 Å². The van der Waals surface area contributed by atoms with Crippen LogP contribution in [0.4, 0.5) is 0 Å². The van der Waals surface area contributed by atoms with Crippen molar-refractivity contribution in [2.24, 2.45) is 0 Å². The Morgan fingerprint density at radius 1 is 1.32 bits per heavy atom. The first-order valence-corrected chi connectivity index (χ1v) is 7.25. The van der Waals surface area contributed by atoms with Crippen LogP contribution < -0.4 is 0 Å². The predicted molar refractivity (Wildman–Crippen MR) is 71.2 cm³/mol. The minimum absolute atomic E-state index is 0.408. The number of hydrogen-bond donors (Lipinski definition) is 1. The highest BCUT2D eigenvalue weighted by Gasteiger charge is 2.28. The number of aromatic nitrogens is 2. The molecule has 5 heteroatoms. The summed E-state index contributed by atoms with van der Waals surface area (Å²) in [5.74, 6) is -0.387. The van der Waals surface area contributed by atoms with E-state index in [1.54, 1.807) is 0 Å². The number of carbonyl (C=O) groups is 1. The normalized spacial score (nSPS) is 23.5. The summed E-state index contributed by atoms with van der Waals surface area (Å²) in [6, 6.07) is 0. The smallest absolute Gasteiger partial charge is 0.314 e. The Balaban J connectivity index is 1.68. The van der Waals surface area contributed by atoms with E-state index < -0.39 is 11.9 Å². The zero-order chi connectivity index (χ0) is 13.2. The van der Waals surface area contributed by atoms with Crippen molar-refractivity contribution in [1.29, 1.82) is 0 Å². The molecule has 3 heterocycles. The SMILES string of the molecule is O=C(O)C1CCCn2cc(CCN3CCCC3)nc21. The molecule has 0 aliphatic carbocycles. The lowest BCUT2D eigenvalue weighted by Gasteiger charge is -2.19. The highest BCUT2D eigenvalue weighted by molar-refractivity contribution is 5.75.